The summed E-state index contributed by atoms with van der Waals surface area (Å²) in [6.45, 7) is 5.41. The Morgan fingerprint density at radius 2 is 1.61 bits per heavy atom. The molecule has 2 unspecified atom stereocenters. The standard InChI is InChI=1S/C34H41N3O7/c1-19(2)32(21-8-11-23(41-4)12-9-21)37-30(40)18-35-27-15-13-24-25(17-28(27)39)26(36-20(3)38)14-10-22-16-29(42-5)33(43-6)34(44-7)31(22)24/h8-9,11-13,15-17,19,26,32H,10,14,18H2,1-7H3,(H,35,39)(H,36,38)(H,37,40). The van der Waals surface area contributed by atoms with Gasteiger partial charge in [0, 0.05) is 12.5 Å². The Bertz CT molecular complexity index is 1570. The van der Waals surface area contributed by atoms with Crippen LogP contribution in [-0.2, 0) is 16.0 Å². The number of carbonyl (C=O) groups excluding carboxylic acids is 2. The molecule has 0 aliphatic heterocycles. The zero-order valence-corrected chi connectivity index (χ0v) is 26.3. The number of methoxy groups -OCH3 is 4. The molecule has 0 saturated heterocycles. The van der Waals surface area contributed by atoms with E-state index >= 15 is 0 Å². The van der Waals surface area contributed by atoms with E-state index in [0.29, 0.717) is 41.2 Å². The number of aryl methyl sites for hydroxylation is 1. The number of nitrogens with one attached hydrogen (secondary N) is 3. The van der Waals surface area contributed by atoms with Gasteiger partial charge >= 0.3 is 0 Å². The minimum absolute atomic E-state index is 0.108. The second kappa shape index (κ2) is 14.2. The van der Waals surface area contributed by atoms with Crippen molar-refractivity contribution in [2.75, 3.05) is 40.3 Å². The molecular weight excluding hydrogens is 562 g/mol. The number of hydrogen-bond donors (Lipinski definition) is 3. The van der Waals surface area contributed by atoms with E-state index < -0.39 is 6.04 Å². The van der Waals surface area contributed by atoms with Crippen LogP contribution in [0.5, 0.6) is 23.0 Å². The first-order valence-corrected chi connectivity index (χ1v) is 14.6. The SMILES string of the molecule is COc1ccc(C(NC(=O)CNc2ccc3c(cc2=O)C(NC(C)=O)CCc2cc(OC)c(OC)c(OC)c2-3)C(C)C)cc1. The lowest BCUT2D eigenvalue weighted by Crippen LogP contribution is -2.36. The van der Waals surface area contributed by atoms with Gasteiger partial charge in [0.05, 0.1) is 52.8 Å². The van der Waals surface area contributed by atoms with E-state index in [2.05, 4.69) is 16.0 Å². The van der Waals surface area contributed by atoms with E-state index in [0.717, 1.165) is 22.4 Å². The molecule has 0 spiro atoms. The Balaban J connectivity index is 1.70. The highest BCUT2D eigenvalue weighted by atomic mass is 16.5. The molecule has 4 rings (SSSR count). The summed E-state index contributed by atoms with van der Waals surface area (Å²) in [5.74, 6) is 1.82. The van der Waals surface area contributed by atoms with Crippen molar-refractivity contribution in [3.8, 4) is 34.1 Å². The molecule has 0 aromatic heterocycles. The maximum absolute atomic E-state index is 13.6. The average molecular weight is 604 g/mol. The molecule has 3 aromatic carbocycles. The van der Waals surface area contributed by atoms with Crippen LogP contribution in [-0.4, -0.2) is 46.8 Å². The normalized spacial score (nSPS) is 14.3. The summed E-state index contributed by atoms with van der Waals surface area (Å²) >= 11 is 0. The molecular formula is C34H41N3O7. The van der Waals surface area contributed by atoms with Gasteiger partial charge in [-0.15, -0.1) is 0 Å². The van der Waals surface area contributed by atoms with Gasteiger partial charge in [-0.1, -0.05) is 32.0 Å². The average Bonchev–Trinajstić information content (AvgIpc) is 3.25. The summed E-state index contributed by atoms with van der Waals surface area (Å²) in [7, 11) is 6.26. The number of rotatable bonds is 11. The molecule has 2 atom stereocenters. The fourth-order valence-electron chi connectivity index (χ4n) is 5.70. The van der Waals surface area contributed by atoms with E-state index in [1.54, 1.807) is 27.4 Å². The third-order valence-corrected chi connectivity index (χ3v) is 7.81. The number of fused-ring (bicyclic) bond motifs is 3. The topological polar surface area (TPSA) is 124 Å². The quantitative estimate of drug-likeness (QED) is 0.286. The second-order valence-electron chi connectivity index (χ2n) is 11.0. The molecule has 234 valence electrons. The Kier molecular flexibility index (Phi) is 10.4. The van der Waals surface area contributed by atoms with Crippen LogP contribution in [0.1, 0.15) is 56.0 Å². The number of benzene rings is 2. The summed E-state index contributed by atoms with van der Waals surface area (Å²) in [6, 6.07) is 13.8. The molecule has 2 amide bonds. The molecule has 0 radical (unpaired) electrons. The number of anilines is 1. The zero-order valence-electron chi connectivity index (χ0n) is 26.3. The summed E-state index contributed by atoms with van der Waals surface area (Å²) in [5, 5.41) is 9.10. The molecule has 1 aliphatic rings. The lowest BCUT2D eigenvalue weighted by atomic mass is 9.95. The molecule has 3 N–H and O–H groups in total. The summed E-state index contributed by atoms with van der Waals surface area (Å²) in [5.41, 5.74) is 3.94. The lowest BCUT2D eigenvalue weighted by molar-refractivity contribution is -0.121. The third kappa shape index (κ3) is 6.90. The molecule has 0 heterocycles. The summed E-state index contributed by atoms with van der Waals surface area (Å²) < 4.78 is 22.3. The smallest absolute Gasteiger partial charge is 0.239 e. The number of amides is 2. The van der Waals surface area contributed by atoms with E-state index in [1.165, 1.54) is 20.1 Å². The number of hydrogen-bond acceptors (Lipinski definition) is 8. The molecule has 10 heteroatoms. The molecule has 1 aliphatic carbocycles. The van der Waals surface area contributed by atoms with Gasteiger partial charge in [-0.3, -0.25) is 14.4 Å². The van der Waals surface area contributed by atoms with Gasteiger partial charge in [-0.25, -0.2) is 0 Å². The Labute approximate surface area is 258 Å². The fraction of sp³-hybridized carbons (Fsp3) is 0.382. The van der Waals surface area contributed by atoms with Crippen LogP contribution in [0, 0.1) is 5.92 Å². The number of carbonyl (C=O) groups is 2. The zero-order chi connectivity index (χ0) is 32.0. The number of ether oxygens (including phenoxy) is 4. The highest BCUT2D eigenvalue weighted by Gasteiger charge is 2.29. The maximum Gasteiger partial charge on any atom is 0.239 e. The van der Waals surface area contributed by atoms with Gasteiger partial charge in [0.2, 0.25) is 23.0 Å². The molecule has 3 aromatic rings. The van der Waals surface area contributed by atoms with E-state index in [9.17, 15) is 14.4 Å². The van der Waals surface area contributed by atoms with Gasteiger partial charge < -0.3 is 34.9 Å². The first-order chi connectivity index (χ1) is 21.1. The second-order valence-corrected chi connectivity index (χ2v) is 11.0. The Morgan fingerprint density at radius 1 is 0.909 bits per heavy atom. The van der Waals surface area contributed by atoms with Crippen LogP contribution in [0.4, 0.5) is 5.69 Å². The Hall–Kier alpha value is -4.73. The third-order valence-electron chi connectivity index (χ3n) is 7.81. The first kappa shape index (κ1) is 32.2. The molecule has 44 heavy (non-hydrogen) atoms. The summed E-state index contributed by atoms with van der Waals surface area (Å²) in [6.07, 6.45) is 1.15. The van der Waals surface area contributed by atoms with Crippen molar-refractivity contribution in [1.29, 1.82) is 0 Å². The monoisotopic (exact) mass is 603 g/mol. The predicted octanol–water partition coefficient (Wildman–Crippen LogP) is 4.80. The molecule has 0 fully saturated rings. The van der Waals surface area contributed by atoms with Gasteiger partial charge in [0.25, 0.3) is 0 Å². The van der Waals surface area contributed by atoms with E-state index in [4.69, 9.17) is 18.9 Å². The van der Waals surface area contributed by atoms with Gasteiger partial charge in [-0.2, -0.15) is 0 Å². The van der Waals surface area contributed by atoms with Gasteiger partial charge in [0.1, 0.15) is 5.75 Å². The van der Waals surface area contributed by atoms with Crippen LogP contribution in [0.2, 0.25) is 0 Å². The highest BCUT2D eigenvalue weighted by molar-refractivity contribution is 5.84. The highest BCUT2D eigenvalue weighted by Crippen LogP contribution is 2.50. The molecule has 10 nitrogen and oxygen atoms in total. The van der Waals surface area contributed by atoms with E-state index in [1.807, 2.05) is 50.2 Å². The van der Waals surface area contributed by atoms with E-state index in [-0.39, 0.29) is 41.4 Å². The summed E-state index contributed by atoms with van der Waals surface area (Å²) in [4.78, 5) is 38.8. The lowest BCUT2D eigenvalue weighted by Gasteiger charge is -2.23. The Morgan fingerprint density at radius 3 is 2.20 bits per heavy atom. The predicted molar refractivity (Wildman–Crippen MR) is 170 cm³/mol. The van der Waals surface area contributed by atoms with Crippen molar-refractivity contribution < 1.29 is 28.5 Å². The largest absolute Gasteiger partial charge is 0.497 e. The van der Waals surface area contributed by atoms with Crippen molar-refractivity contribution in [3.05, 3.63) is 75.4 Å². The van der Waals surface area contributed by atoms with Crippen molar-refractivity contribution in [2.45, 2.75) is 45.7 Å². The minimum atomic E-state index is -0.427. The van der Waals surface area contributed by atoms with Gasteiger partial charge in [0.15, 0.2) is 11.5 Å². The van der Waals surface area contributed by atoms with Crippen LogP contribution in [0.25, 0.3) is 11.1 Å². The minimum Gasteiger partial charge on any atom is -0.497 e. The van der Waals surface area contributed by atoms with Crippen LogP contribution < -0.4 is 40.3 Å². The van der Waals surface area contributed by atoms with Gasteiger partial charge in [-0.05, 0) is 71.3 Å². The van der Waals surface area contributed by atoms with Crippen molar-refractivity contribution in [3.63, 3.8) is 0 Å². The van der Waals surface area contributed by atoms with Crippen molar-refractivity contribution in [1.82, 2.24) is 10.6 Å². The molecule has 0 saturated carbocycles. The van der Waals surface area contributed by atoms with Crippen LogP contribution in [0.3, 0.4) is 0 Å². The van der Waals surface area contributed by atoms with Crippen molar-refractivity contribution in [2.24, 2.45) is 5.92 Å². The van der Waals surface area contributed by atoms with Crippen LogP contribution >= 0.6 is 0 Å². The van der Waals surface area contributed by atoms with Crippen molar-refractivity contribution >= 4 is 17.5 Å². The first-order valence-electron chi connectivity index (χ1n) is 14.6. The molecule has 0 bridgehead atoms. The fourth-order valence-corrected chi connectivity index (χ4v) is 5.70. The van der Waals surface area contributed by atoms with Crippen LogP contribution in [0.15, 0.2) is 53.3 Å². The maximum atomic E-state index is 13.6.